The maximum Gasteiger partial charge on any atom is 0.307 e. The zero-order valence-corrected chi connectivity index (χ0v) is 11.7. The van der Waals surface area contributed by atoms with E-state index in [1.54, 1.807) is 6.92 Å². The van der Waals surface area contributed by atoms with Crippen LogP contribution < -0.4 is 5.32 Å². The first-order valence-corrected chi connectivity index (χ1v) is 6.67. The van der Waals surface area contributed by atoms with Crippen molar-refractivity contribution in [1.82, 2.24) is 5.32 Å². The van der Waals surface area contributed by atoms with Crippen molar-refractivity contribution in [2.45, 2.75) is 38.1 Å². The van der Waals surface area contributed by atoms with Gasteiger partial charge in [-0.1, -0.05) is 0 Å². The smallest absolute Gasteiger partial charge is 0.307 e. The Bertz CT molecular complexity index is 299. The van der Waals surface area contributed by atoms with Crippen LogP contribution in [0.3, 0.4) is 0 Å². The van der Waals surface area contributed by atoms with Crippen LogP contribution in [0.1, 0.15) is 32.6 Å². The molecule has 6 heteroatoms. The van der Waals surface area contributed by atoms with E-state index in [1.807, 2.05) is 0 Å². The molecule has 1 heterocycles. The molecule has 0 amide bonds. The second-order valence-electron chi connectivity index (χ2n) is 4.63. The van der Waals surface area contributed by atoms with E-state index in [2.05, 4.69) is 10.1 Å². The summed E-state index contributed by atoms with van der Waals surface area (Å²) in [5, 5.41) is 3.31. The average molecular weight is 273 g/mol. The predicted molar refractivity (Wildman–Crippen MR) is 68.7 cm³/mol. The fourth-order valence-electron chi connectivity index (χ4n) is 2.20. The Morgan fingerprint density at radius 3 is 2.53 bits per heavy atom. The van der Waals surface area contributed by atoms with Crippen LogP contribution in [0.4, 0.5) is 0 Å². The third-order valence-corrected chi connectivity index (χ3v) is 3.29. The molecule has 1 rings (SSSR count). The second-order valence-corrected chi connectivity index (χ2v) is 4.63. The molecule has 0 aliphatic carbocycles. The lowest BCUT2D eigenvalue weighted by molar-refractivity contribution is -0.146. The molecular formula is C13H23NO5. The van der Waals surface area contributed by atoms with Gasteiger partial charge in [-0.05, 0) is 19.8 Å². The molecule has 6 nitrogen and oxygen atoms in total. The minimum absolute atomic E-state index is 0.213. The van der Waals surface area contributed by atoms with E-state index in [0.29, 0.717) is 39.2 Å². The first kappa shape index (κ1) is 15.9. The van der Waals surface area contributed by atoms with Gasteiger partial charge in [-0.2, -0.15) is 0 Å². The van der Waals surface area contributed by atoms with E-state index in [0.717, 1.165) is 12.8 Å². The van der Waals surface area contributed by atoms with Gasteiger partial charge in [0, 0.05) is 25.3 Å². The summed E-state index contributed by atoms with van der Waals surface area (Å²) in [6.07, 6.45) is 2.09. The van der Waals surface area contributed by atoms with Gasteiger partial charge in [-0.25, -0.2) is 0 Å². The van der Waals surface area contributed by atoms with Crippen LogP contribution in [0.2, 0.25) is 0 Å². The number of ether oxygens (including phenoxy) is 3. The lowest BCUT2D eigenvalue weighted by Crippen LogP contribution is -2.51. The Balaban J connectivity index is 2.49. The summed E-state index contributed by atoms with van der Waals surface area (Å²) in [7, 11) is 1.37. The number of hydrogen-bond acceptors (Lipinski definition) is 6. The van der Waals surface area contributed by atoms with Crippen molar-refractivity contribution in [3.8, 4) is 0 Å². The van der Waals surface area contributed by atoms with Gasteiger partial charge in [0.1, 0.15) is 0 Å². The first-order chi connectivity index (χ1) is 9.12. The highest BCUT2D eigenvalue weighted by atomic mass is 16.5. The summed E-state index contributed by atoms with van der Waals surface area (Å²) >= 11 is 0. The van der Waals surface area contributed by atoms with Crippen LogP contribution in [0.15, 0.2) is 0 Å². The summed E-state index contributed by atoms with van der Waals surface area (Å²) < 4.78 is 14.9. The molecule has 0 unspecified atom stereocenters. The van der Waals surface area contributed by atoms with Crippen LogP contribution in [0.25, 0.3) is 0 Å². The van der Waals surface area contributed by atoms with Gasteiger partial charge in [0.05, 0.1) is 26.6 Å². The molecular weight excluding hydrogens is 250 g/mol. The molecule has 0 bridgehead atoms. The van der Waals surface area contributed by atoms with Crippen LogP contribution in [-0.2, 0) is 23.8 Å². The van der Waals surface area contributed by atoms with Gasteiger partial charge < -0.3 is 19.5 Å². The molecule has 0 aromatic carbocycles. The van der Waals surface area contributed by atoms with Crippen LogP contribution in [0.5, 0.6) is 0 Å². The van der Waals surface area contributed by atoms with Gasteiger partial charge >= 0.3 is 11.9 Å². The maximum atomic E-state index is 11.7. The molecule has 0 aromatic heterocycles. The lowest BCUT2D eigenvalue weighted by atomic mass is 9.86. The topological polar surface area (TPSA) is 73.9 Å². The van der Waals surface area contributed by atoms with Crippen molar-refractivity contribution in [2.75, 3.05) is 33.5 Å². The Morgan fingerprint density at radius 1 is 1.26 bits per heavy atom. The zero-order valence-electron chi connectivity index (χ0n) is 11.7. The Kier molecular flexibility index (Phi) is 6.80. The van der Waals surface area contributed by atoms with E-state index >= 15 is 0 Å². The largest absolute Gasteiger partial charge is 0.469 e. The summed E-state index contributed by atoms with van der Waals surface area (Å²) in [5.74, 6) is -0.471. The third kappa shape index (κ3) is 5.57. The first-order valence-electron chi connectivity index (χ1n) is 6.67. The molecule has 110 valence electrons. The van der Waals surface area contributed by atoms with Crippen molar-refractivity contribution >= 4 is 11.9 Å². The van der Waals surface area contributed by atoms with Crippen molar-refractivity contribution in [2.24, 2.45) is 0 Å². The van der Waals surface area contributed by atoms with Gasteiger partial charge in [-0.15, -0.1) is 0 Å². The van der Waals surface area contributed by atoms with Crippen molar-refractivity contribution in [1.29, 1.82) is 0 Å². The van der Waals surface area contributed by atoms with E-state index < -0.39 is 0 Å². The molecule has 1 aliphatic rings. The molecule has 0 aromatic rings. The Morgan fingerprint density at radius 2 is 1.95 bits per heavy atom. The number of carbonyl (C=O) groups excluding carboxylic acids is 2. The Hall–Kier alpha value is -1.14. The van der Waals surface area contributed by atoms with Crippen LogP contribution in [-0.4, -0.2) is 51.0 Å². The highest BCUT2D eigenvalue weighted by Crippen LogP contribution is 2.25. The normalized spacial score (nSPS) is 17.8. The van der Waals surface area contributed by atoms with Gasteiger partial charge in [-0.3, -0.25) is 9.59 Å². The molecule has 0 spiro atoms. The van der Waals surface area contributed by atoms with E-state index in [-0.39, 0.29) is 17.5 Å². The van der Waals surface area contributed by atoms with Gasteiger partial charge in [0.2, 0.25) is 0 Å². The van der Waals surface area contributed by atoms with E-state index in [4.69, 9.17) is 9.47 Å². The SMILES string of the molecule is CCOC(=O)CC1(NCCC(=O)OC)CCOCC1. The Labute approximate surface area is 113 Å². The summed E-state index contributed by atoms with van der Waals surface area (Å²) in [6.45, 7) is 3.90. The number of hydrogen-bond donors (Lipinski definition) is 1. The zero-order chi connectivity index (χ0) is 14.1. The van der Waals surface area contributed by atoms with Crippen LogP contribution >= 0.6 is 0 Å². The quantitative estimate of drug-likeness (QED) is 0.686. The molecule has 1 aliphatic heterocycles. The molecule has 1 saturated heterocycles. The molecule has 0 radical (unpaired) electrons. The van der Waals surface area contributed by atoms with Crippen molar-refractivity contribution in [3.05, 3.63) is 0 Å². The number of nitrogens with one attached hydrogen (secondary N) is 1. The molecule has 0 atom stereocenters. The monoisotopic (exact) mass is 273 g/mol. The van der Waals surface area contributed by atoms with E-state index in [1.165, 1.54) is 7.11 Å². The van der Waals surface area contributed by atoms with Crippen molar-refractivity contribution < 1.29 is 23.8 Å². The highest BCUT2D eigenvalue weighted by Gasteiger charge is 2.34. The van der Waals surface area contributed by atoms with Crippen LogP contribution in [0, 0.1) is 0 Å². The summed E-state index contributed by atoms with van der Waals surface area (Å²) in [6, 6.07) is 0. The second kappa shape index (κ2) is 8.12. The lowest BCUT2D eigenvalue weighted by Gasteiger charge is -2.37. The number of methoxy groups -OCH3 is 1. The third-order valence-electron chi connectivity index (χ3n) is 3.29. The van der Waals surface area contributed by atoms with Gasteiger partial charge in [0.15, 0.2) is 0 Å². The average Bonchev–Trinajstić information content (AvgIpc) is 2.39. The molecule has 19 heavy (non-hydrogen) atoms. The van der Waals surface area contributed by atoms with E-state index in [9.17, 15) is 9.59 Å². The standard InChI is InChI=1S/C13H23NO5/c1-3-19-12(16)10-13(5-8-18-9-6-13)14-7-4-11(15)17-2/h14H,3-10H2,1-2H3. The maximum absolute atomic E-state index is 11.7. The minimum atomic E-state index is -0.321. The molecule has 0 saturated carbocycles. The van der Waals surface area contributed by atoms with Crippen molar-refractivity contribution in [3.63, 3.8) is 0 Å². The molecule has 1 N–H and O–H groups in total. The number of esters is 2. The summed E-state index contributed by atoms with van der Waals surface area (Å²) in [5.41, 5.74) is -0.321. The molecule has 1 fully saturated rings. The highest BCUT2D eigenvalue weighted by molar-refractivity contribution is 5.71. The predicted octanol–water partition coefficient (Wildman–Crippen LogP) is 0.641. The van der Waals surface area contributed by atoms with Gasteiger partial charge in [0.25, 0.3) is 0 Å². The number of carbonyl (C=O) groups is 2. The number of rotatable bonds is 7. The minimum Gasteiger partial charge on any atom is -0.469 e. The summed E-state index contributed by atoms with van der Waals surface area (Å²) in [4.78, 5) is 22.8. The fourth-order valence-corrected chi connectivity index (χ4v) is 2.20. The fraction of sp³-hybridized carbons (Fsp3) is 0.846.